The smallest absolute Gasteiger partial charge is 0.255 e. The summed E-state index contributed by atoms with van der Waals surface area (Å²) < 4.78 is 5.47. The number of carbonyl (C=O) groups is 1. The van der Waals surface area contributed by atoms with Crippen LogP contribution in [0.5, 0.6) is 0 Å². The monoisotopic (exact) mass is 385 g/mol. The fourth-order valence-corrected chi connectivity index (χ4v) is 5.73. The van der Waals surface area contributed by atoms with E-state index in [1.54, 1.807) is 0 Å². The van der Waals surface area contributed by atoms with Crippen LogP contribution in [0.2, 0.25) is 0 Å². The number of aryl methyl sites for hydroxylation is 1. The molecule has 3 aliphatic heterocycles. The number of aliphatic hydroxyl groups excluding tert-OH is 1. The Bertz CT molecular complexity index is 734. The van der Waals surface area contributed by atoms with Crippen LogP contribution in [0.25, 0.3) is 0 Å². The third-order valence-corrected chi connectivity index (χ3v) is 7.22. The van der Waals surface area contributed by atoms with Gasteiger partial charge >= 0.3 is 0 Å². The van der Waals surface area contributed by atoms with E-state index in [0.29, 0.717) is 11.8 Å². The Kier molecular flexibility index (Phi) is 5.03. The average molecular weight is 386 g/mol. The molecule has 1 aromatic carbocycles. The standard InChI is InChI=1S/C22H31N3O3/c26-20-12-17-14-25(13-16(17)11-19(20)24-7-9-28-10-8-24)22(27)18-5-1-3-15-4-2-6-23-21(15)18/h1,3,5,16-17,19-20,23,26H,2,4,6-14H2/t16-,17+,19-,20-/m1/s1. The number of para-hydroxylation sites is 1. The molecule has 0 unspecified atom stereocenters. The number of anilines is 1. The van der Waals surface area contributed by atoms with Crippen LogP contribution in [-0.4, -0.2) is 78.9 Å². The van der Waals surface area contributed by atoms with Gasteiger partial charge in [-0.05, 0) is 49.1 Å². The minimum absolute atomic E-state index is 0.151. The largest absolute Gasteiger partial charge is 0.391 e. The molecule has 4 atom stereocenters. The van der Waals surface area contributed by atoms with Crippen molar-refractivity contribution in [1.29, 1.82) is 0 Å². The molecule has 28 heavy (non-hydrogen) atoms. The third-order valence-electron chi connectivity index (χ3n) is 7.22. The van der Waals surface area contributed by atoms with Gasteiger partial charge in [0.15, 0.2) is 0 Å². The summed E-state index contributed by atoms with van der Waals surface area (Å²) >= 11 is 0. The van der Waals surface area contributed by atoms with Crippen LogP contribution in [-0.2, 0) is 11.2 Å². The Balaban J connectivity index is 1.30. The minimum Gasteiger partial charge on any atom is -0.391 e. The first-order valence-corrected chi connectivity index (χ1v) is 10.9. The normalized spacial score (nSPS) is 33.1. The number of rotatable bonds is 2. The summed E-state index contributed by atoms with van der Waals surface area (Å²) in [5.41, 5.74) is 3.12. The summed E-state index contributed by atoms with van der Waals surface area (Å²) in [7, 11) is 0. The average Bonchev–Trinajstić information content (AvgIpc) is 3.15. The maximum Gasteiger partial charge on any atom is 0.255 e. The molecule has 3 heterocycles. The molecule has 2 N–H and O–H groups in total. The maximum atomic E-state index is 13.3. The van der Waals surface area contributed by atoms with Crippen molar-refractivity contribution in [2.45, 2.75) is 37.8 Å². The zero-order valence-corrected chi connectivity index (χ0v) is 16.5. The Morgan fingerprint density at radius 3 is 2.75 bits per heavy atom. The van der Waals surface area contributed by atoms with Crippen molar-refractivity contribution in [3.8, 4) is 0 Å². The molecule has 3 fully saturated rings. The van der Waals surface area contributed by atoms with Crippen molar-refractivity contribution in [1.82, 2.24) is 9.80 Å². The van der Waals surface area contributed by atoms with Gasteiger partial charge in [0.1, 0.15) is 0 Å². The number of aliphatic hydroxyl groups is 1. The van der Waals surface area contributed by atoms with Gasteiger partial charge in [-0.3, -0.25) is 9.69 Å². The zero-order valence-electron chi connectivity index (χ0n) is 16.5. The number of ether oxygens (including phenoxy) is 1. The van der Waals surface area contributed by atoms with Crippen LogP contribution in [0.3, 0.4) is 0 Å². The quantitative estimate of drug-likeness (QED) is 0.809. The summed E-state index contributed by atoms with van der Waals surface area (Å²) in [4.78, 5) is 17.8. The van der Waals surface area contributed by atoms with Crippen LogP contribution in [0.4, 0.5) is 5.69 Å². The van der Waals surface area contributed by atoms with E-state index < -0.39 is 0 Å². The summed E-state index contributed by atoms with van der Waals surface area (Å²) in [6.07, 6.45) is 3.67. The van der Waals surface area contributed by atoms with Crippen LogP contribution < -0.4 is 5.32 Å². The lowest BCUT2D eigenvalue weighted by molar-refractivity contribution is -0.0520. The number of benzene rings is 1. The maximum absolute atomic E-state index is 13.3. The van der Waals surface area contributed by atoms with Crippen LogP contribution in [0.15, 0.2) is 18.2 Å². The van der Waals surface area contributed by atoms with Gasteiger partial charge in [0, 0.05) is 38.8 Å². The van der Waals surface area contributed by atoms with E-state index >= 15 is 0 Å². The lowest BCUT2D eigenvalue weighted by atomic mass is 9.77. The first-order chi connectivity index (χ1) is 13.7. The number of morpholine rings is 1. The second-order valence-corrected chi connectivity index (χ2v) is 8.85. The van der Waals surface area contributed by atoms with Gasteiger partial charge in [0.25, 0.3) is 5.91 Å². The molecule has 1 aliphatic carbocycles. The van der Waals surface area contributed by atoms with Gasteiger partial charge in [0.2, 0.25) is 0 Å². The predicted octanol–water partition coefficient (Wildman–Crippen LogP) is 1.59. The molecule has 0 radical (unpaired) electrons. The molecule has 152 valence electrons. The fourth-order valence-electron chi connectivity index (χ4n) is 5.73. The van der Waals surface area contributed by atoms with Crippen LogP contribution in [0, 0.1) is 11.8 Å². The first kappa shape index (κ1) is 18.4. The minimum atomic E-state index is -0.291. The molecule has 4 aliphatic rings. The number of amides is 1. The number of carbonyl (C=O) groups excluding carboxylic acids is 1. The number of hydrogen-bond donors (Lipinski definition) is 2. The number of likely N-dealkylation sites (tertiary alicyclic amines) is 1. The van der Waals surface area contributed by atoms with Gasteiger partial charge in [0.05, 0.1) is 30.6 Å². The third kappa shape index (κ3) is 3.31. The molecule has 6 heteroatoms. The number of hydrogen-bond acceptors (Lipinski definition) is 5. The highest BCUT2D eigenvalue weighted by Gasteiger charge is 2.45. The van der Waals surface area contributed by atoms with Crippen molar-refractivity contribution < 1.29 is 14.6 Å². The fraction of sp³-hybridized carbons (Fsp3) is 0.682. The van der Waals surface area contributed by atoms with Crippen molar-refractivity contribution >= 4 is 11.6 Å². The lowest BCUT2D eigenvalue weighted by Crippen LogP contribution is -2.53. The highest BCUT2D eigenvalue weighted by Crippen LogP contribution is 2.39. The van der Waals surface area contributed by atoms with E-state index in [1.165, 1.54) is 5.56 Å². The molecule has 0 bridgehead atoms. The molecular formula is C22H31N3O3. The van der Waals surface area contributed by atoms with Crippen molar-refractivity contribution in [3.05, 3.63) is 29.3 Å². The van der Waals surface area contributed by atoms with E-state index in [-0.39, 0.29) is 18.1 Å². The Morgan fingerprint density at radius 1 is 1.14 bits per heavy atom. The van der Waals surface area contributed by atoms with E-state index in [9.17, 15) is 9.90 Å². The lowest BCUT2D eigenvalue weighted by Gasteiger charge is -2.43. The van der Waals surface area contributed by atoms with Gasteiger partial charge in [-0.25, -0.2) is 0 Å². The van der Waals surface area contributed by atoms with Gasteiger partial charge < -0.3 is 20.1 Å². The van der Waals surface area contributed by atoms with Crippen molar-refractivity contribution in [2.75, 3.05) is 51.3 Å². The summed E-state index contributed by atoms with van der Waals surface area (Å²) in [5, 5.41) is 14.2. The number of fused-ring (bicyclic) bond motifs is 2. The second kappa shape index (κ2) is 7.65. The molecule has 1 amide bonds. The van der Waals surface area contributed by atoms with E-state index in [0.717, 1.165) is 82.9 Å². The summed E-state index contributed by atoms with van der Waals surface area (Å²) in [5.74, 6) is 1.06. The van der Waals surface area contributed by atoms with Gasteiger partial charge in [-0.15, -0.1) is 0 Å². The topological polar surface area (TPSA) is 65.0 Å². The van der Waals surface area contributed by atoms with Crippen LogP contribution in [0.1, 0.15) is 35.2 Å². The highest BCUT2D eigenvalue weighted by atomic mass is 16.5. The molecular weight excluding hydrogens is 354 g/mol. The Labute approximate surface area is 166 Å². The Morgan fingerprint density at radius 2 is 1.93 bits per heavy atom. The van der Waals surface area contributed by atoms with E-state index in [2.05, 4.69) is 16.3 Å². The number of nitrogens with zero attached hydrogens (tertiary/aromatic N) is 2. The highest BCUT2D eigenvalue weighted by molar-refractivity contribution is 6.00. The van der Waals surface area contributed by atoms with Gasteiger partial charge in [-0.2, -0.15) is 0 Å². The molecule has 1 aromatic rings. The van der Waals surface area contributed by atoms with E-state index in [4.69, 9.17) is 4.74 Å². The van der Waals surface area contributed by atoms with Crippen LogP contribution >= 0.6 is 0 Å². The molecule has 5 rings (SSSR count). The molecule has 2 saturated heterocycles. The first-order valence-electron chi connectivity index (χ1n) is 10.9. The summed E-state index contributed by atoms with van der Waals surface area (Å²) in [6, 6.07) is 6.32. The molecule has 6 nitrogen and oxygen atoms in total. The van der Waals surface area contributed by atoms with Crippen molar-refractivity contribution in [3.63, 3.8) is 0 Å². The second-order valence-electron chi connectivity index (χ2n) is 8.85. The molecule has 1 saturated carbocycles. The van der Waals surface area contributed by atoms with E-state index in [1.807, 2.05) is 17.0 Å². The predicted molar refractivity (Wildman–Crippen MR) is 108 cm³/mol. The van der Waals surface area contributed by atoms with Crippen molar-refractivity contribution in [2.24, 2.45) is 11.8 Å². The van der Waals surface area contributed by atoms with Gasteiger partial charge in [-0.1, -0.05) is 12.1 Å². The Hall–Kier alpha value is -1.63. The SMILES string of the molecule is O=C(c1cccc2c1NCCC2)N1C[C@H]2C[C@@H](N3CCOCC3)[C@H](O)C[C@H]2C1. The zero-order chi connectivity index (χ0) is 19.1. The molecule has 0 spiro atoms. The molecule has 0 aromatic heterocycles. The summed E-state index contributed by atoms with van der Waals surface area (Å²) in [6.45, 7) is 5.87. The number of nitrogens with one attached hydrogen (secondary N) is 1.